The summed E-state index contributed by atoms with van der Waals surface area (Å²) in [6.45, 7) is 4.33. The van der Waals surface area contributed by atoms with Gasteiger partial charge in [0.25, 0.3) is 0 Å². The average molecular weight is 328 g/mol. The van der Waals surface area contributed by atoms with Crippen molar-refractivity contribution in [2.75, 3.05) is 5.43 Å². The van der Waals surface area contributed by atoms with Crippen LogP contribution in [0.2, 0.25) is 0 Å². The first-order valence-electron chi connectivity index (χ1n) is 7.84. The summed E-state index contributed by atoms with van der Waals surface area (Å²) in [7, 11) is 0. The largest absolute Gasteiger partial charge is 0.338 e. The molecule has 0 aliphatic carbocycles. The second-order valence-electron chi connectivity index (χ2n) is 5.89. The highest BCUT2D eigenvalue weighted by Crippen LogP contribution is 2.24. The van der Waals surface area contributed by atoms with Gasteiger partial charge in [0.15, 0.2) is 0 Å². The number of nitrogens with zero attached hydrogens (tertiary/aromatic N) is 4. The van der Waals surface area contributed by atoms with Crippen LogP contribution in [0, 0.1) is 22.7 Å². The molecule has 0 aliphatic heterocycles. The molecule has 0 amide bonds. The Morgan fingerprint density at radius 3 is 2.48 bits per heavy atom. The predicted molar refractivity (Wildman–Crippen MR) is 97.9 cm³/mol. The molecule has 122 valence electrons. The monoisotopic (exact) mass is 328 g/mol. The van der Waals surface area contributed by atoms with E-state index in [9.17, 15) is 0 Å². The highest BCUT2D eigenvalue weighted by molar-refractivity contribution is 6.10. The summed E-state index contributed by atoms with van der Waals surface area (Å²) in [4.78, 5) is 7.97. The Labute approximate surface area is 145 Å². The molecule has 6 nitrogen and oxygen atoms in total. The van der Waals surface area contributed by atoms with Crippen LogP contribution in [-0.2, 0) is 0 Å². The first kappa shape index (κ1) is 16.2. The van der Waals surface area contributed by atoms with E-state index < -0.39 is 0 Å². The number of benzene rings is 2. The van der Waals surface area contributed by atoms with Gasteiger partial charge in [0.05, 0.1) is 16.7 Å². The number of anilines is 1. The highest BCUT2D eigenvalue weighted by Gasteiger charge is 2.07. The lowest BCUT2D eigenvalue weighted by Crippen LogP contribution is -1.96. The lowest BCUT2D eigenvalue weighted by molar-refractivity contribution is 0.868. The number of fused-ring (bicyclic) bond motifs is 1. The maximum absolute atomic E-state index is 8.66. The predicted octanol–water partition coefficient (Wildman–Crippen LogP) is 4.17. The van der Waals surface area contributed by atoms with Crippen molar-refractivity contribution < 1.29 is 0 Å². The van der Waals surface area contributed by atoms with Crippen molar-refractivity contribution in [1.29, 1.82) is 10.5 Å². The summed E-state index contributed by atoms with van der Waals surface area (Å²) >= 11 is 0. The fourth-order valence-corrected chi connectivity index (χ4v) is 2.42. The van der Waals surface area contributed by atoms with Crippen LogP contribution in [0.25, 0.3) is 22.4 Å². The molecule has 0 bridgehead atoms. The first-order valence-corrected chi connectivity index (χ1v) is 7.84. The maximum Gasteiger partial charge on any atom is 0.237 e. The number of nitriles is 2. The second-order valence-corrected chi connectivity index (χ2v) is 5.89. The van der Waals surface area contributed by atoms with Crippen LogP contribution in [-0.4, -0.2) is 15.7 Å². The molecule has 0 radical (unpaired) electrons. The topological polar surface area (TPSA) is 101 Å². The molecular weight excluding hydrogens is 312 g/mol. The molecule has 25 heavy (non-hydrogen) atoms. The first-order chi connectivity index (χ1) is 12.1. The van der Waals surface area contributed by atoms with Crippen molar-refractivity contribution in [3.8, 4) is 23.5 Å². The zero-order chi connectivity index (χ0) is 17.8. The minimum atomic E-state index is -0.220. The fourth-order valence-electron chi connectivity index (χ4n) is 2.42. The van der Waals surface area contributed by atoms with Crippen LogP contribution in [0.3, 0.4) is 0 Å². The molecule has 3 aromatic rings. The van der Waals surface area contributed by atoms with Gasteiger partial charge in [0.2, 0.25) is 5.71 Å². The number of hydrogen-bond acceptors (Lipinski definition) is 5. The van der Waals surface area contributed by atoms with E-state index in [-0.39, 0.29) is 5.71 Å². The molecule has 2 N–H and O–H groups in total. The normalized spacial score (nSPS) is 10.3. The zero-order valence-electron chi connectivity index (χ0n) is 13.9. The van der Waals surface area contributed by atoms with Crippen molar-refractivity contribution in [3.05, 3.63) is 48.0 Å². The van der Waals surface area contributed by atoms with Gasteiger partial charge >= 0.3 is 0 Å². The van der Waals surface area contributed by atoms with Crippen molar-refractivity contribution in [1.82, 2.24) is 9.97 Å². The van der Waals surface area contributed by atoms with E-state index in [2.05, 4.69) is 46.5 Å². The Morgan fingerprint density at radius 1 is 1.12 bits per heavy atom. The fraction of sp³-hybridized carbons (Fsp3) is 0.158. The third-order valence-corrected chi connectivity index (χ3v) is 3.84. The number of hydrogen-bond donors (Lipinski definition) is 2. The standard InChI is InChI=1S/C19H16N6/c1-12(2)14-5-8-17-18(9-14)23-19(22-17)13-3-6-15(7-4-13)24-25-16(10-20)11-21/h3-9,12,24H,1-2H3,(H,22,23). The Kier molecular flexibility index (Phi) is 4.45. The van der Waals surface area contributed by atoms with Crippen LogP contribution < -0.4 is 5.43 Å². The smallest absolute Gasteiger partial charge is 0.237 e. The van der Waals surface area contributed by atoms with Gasteiger partial charge in [0, 0.05) is 5.56 Å². The Morgan fingerprint density at radius 2 is 1.84 bits per heavy atom. The molecule has 0 fully saturated rings. The van der Waals surface area contributed by atoms with Crippen molar-refractivity contribution in [3.63, 3.8) is 0 Å². The molecule has 0 saturated heterocycles. The molecule has 0 spiro atoms. The molecule has 6 heteroatoms. The Bertz CT molecular complexity index is 997. The molecular formula is C19H16N6. The molecule has 0 atom stereocenters. The van der Waals surface area contributed by atoms with Crippen LogP contribution in [0.15, 0.2) is 47.6 Å². The number of hydrazone groups is 1. The minimum Gasteiger partial charge on any atom is -0.338 e. The molecule has 0 aliphatic rings. The summed E-state index contributed by atoms with van der Waals surface area (Å²) in [5.74, 6) is 1.26. The molecule has 3 rings (SSSR count). The number of aromatic nitrogens is 2. The molecule has 1 aromatic heterocycles. The molecule has 0 saturated carbocycles. The van der Waals surface area contributed by atoms with Crippen molar-refractivity contribution >= 4 is 22.4 Å². The van der Waals surface area contributed by atoms with E-state index in [1.54, 1.807) is 12.1 Å². The second kappa shape index (κ2) is 6.86. The number of H-pyrrole nitrogens is 1. The van der Waals surface area contributed by atoms with Gasteiger partial charge in [-0.3, -0.25) is 5.43 Å². The van der Waals surface area contributed by atoms with E-state index in [1.807, 2.05) is 30.3 Å². The van der Waals surface area contributed by atoms with Crippen molar-refractivity contribution in [2.24, 2.45) is 5.10 Å². The van der Waals surface area contributed by atoms with Gasteiger partial charge in [-0.25, -0.2) is 4.98 Å². The number of aromatic amines is 1. The summed E-state index contributed by atoms with van der Waals surface area (Å²) < 4.78 is 0. The van der Waals surface area contributed by atoms with Crippen molar-refractivity contribution in [2.45, 2.75) is 19.8 Å². The number of nitrogens with one attached hydrogen (secondary N) is 2. The molecule has 0 unspecified atom stereocenters. The quantitative estimate of drug-likeness (QED) is 0.554. The van der Waals surface area contributed by atoms with Gasteiger partial charge in [-0.1, -0.05) is 19.9 Å². The van der Waals surface area contributed by atoms with Gasteiger partial charge in [0.1, 0.15) is 18.0 Å². The lowest BCUT2D eigenvalue weighted by Gasteiger charge is -2.03. The van der Waals surface area contributed by atoms with E-state index in [1.165, 1.54) is 5.56 Å². The van der Waals surface area contributed by atoms with Gasteiger partial charge in [-0.2, -0.15) is 15.6 Å². The van der Waals surface area contributed by atoms with Crippen LogP contribution in [0.5, 0.6) is 0 Å². The Balaban J connectivity index is 1.85. The van der Waals surface area contributed by atoms with E-state index >= 15 is 0 Å². The maximum atomic E-state index is 8.66. The molecule has 2 aromatic carbocycles. The number of imidazole rings is 1. The van der Waals surface area contributed by atoms with Gasteiger partial charge in [-0.05, 0) is 47.9 Å². The summed E-state index contributed by atoms with van der Waals surface area (Å²) in [6, 6.07) is 17.1. The third kappa shape index (κ3) is 3.49. The van der Waals surface area contributed by atoms with E-state index in [4.69, 9.17) is 10.5 Å². The van der Waals surface area contributed by atoms with Gasteiger partial charge in [-0.15, -0.1) is 0 Å². The summed E-state index contributed by atoms with van der Waals surface area (Å²) in [6.07, 6.45) is 0. The molecule has 1 heterocycles. The average Bonchev–Trinajstić information content (AvgIpc) is 3.06. The SMILES string of the molecule is CC(C)c1ccc2nc(-c3ccc(NN=C(C#N)C#N)cc3)[nH]c2c1. The van der Waals surface area contributed by atoms with Crippen LogP contribution in [0.1, 0.15) is 25.3 Å². The number of rotatable bonds is 4. The summed E-state index contributed by atoms with van der Waals surface area (Å²) in [5, 5.41) is 21.0. The zero-order valence-corrected chi connectivity index (χ0v) is 13.9. The Hall–Kier alpha value is -3.64. The minimum absolute atomic E-state index is 0.220. The lowest BCUT2D eigenvalue weighted by atomic mass is 10.0. The van der Waals surface area contributed by atoms with E-state index in [0.717, 1.165) is 22.4 Å². The van der Waals surface area contributed by atoms with Gasteiger partial charge < -0.3 is 4.98 Å². The highest BCUT2D eigenvalue weighted by atomic mass is 15.3. The summed E-state index contributed by atoms with van der Waals surface area (Å²) in [5.41, 5.74) is 7.30. The van der Waals surface area contributed by atoms with E-state index in [0.29, 0.717) is 11.6 Å². The third-order valence-electron chi connectivity index (χ3n) is 3.84. The van der Waals surface area contributed by atoms with Crippen LogP contribution in [0.4, 0.5) is 5.69 Å². The van der Waals surface area contributed by atoms with Crippen LogP contribution >= 0.6 is 0 Å².